The third kappa shape index (κ3) is 14.3. The fourth-order valence-electron chi connectivity index (χ4n) is 4.42. The number of nitrogens with zero attached hydrogens (tertiary/aromatic N) is 3. The van der Waals surface area contributed by atoms with Gasteiger partial charge in [-0.25, -0.2) is 9.59 Å². The molecule has 226 valence electrons. The Kier molecular flexibility index (Phi) is 13.9. The predicted octanol–water partition coefficient (Wildman–Crippen LogP) is 2.91. The molecule has 11 nitrogen and oxygen atoms in total. The van der Waals surface area contributed by atoms with Gasteiger partial charge in [-0.2, -0.15) is 0 Å². The average molecular weight is 557 g/mol. The minimum atomic E-state index is -0.408. The van der Waals surface area contributed by atoms with E-state index in [9.17, 15) is 14.4 Å². The normalized spacial score (nSPS) is 21.6. The average Bonchev–Trinajstić information content (AvgIpc) is 2.89. The zero-order valence-electron chi connectivity index (χ0n) is 25.1. The van der Waals surface area contributed by atoms with Gasteiger partial charge in [-0.3, -0.25) is 9.69 Å². The molecule has 4 fully saturated rings. The van der Waals surface area contributed by atoms with Crippen LogP contribution in [0.2, 0.25) is 0 Å². The van der Waals surface area contributed by atoms with Crippen LogP contribution < -0.4 is 5.32 Å². The van der Waals surface area contributed by atoms with E-state index in [1.54, 1.807) is 4.90 Å². The standard InChI is InChI=1S/C14H26N2O3.C9H18N2O2.C5H8O2/c1-14(2,3)19-13(17)16-8-6-15(7-9-16)12-4-10-18-11-5-12;1-9(2,3)13-8(12)11-6-4-10-5-7-11;6-5-1-3-7-4-2-5/h12H,4-11H2,1-3H3;10H,4-7H2,1-3H3;1-4H2. The maximum absolute atomic E-state index is 12.0. The summed E-state index contributed by atoms with van der Waals surface area (Å²) >= 11 is 0. The Hall–Kier alpha value is -1.95. The minimum Gasteiger partial charge on any atom is -0.444 e. The summed E-state index contributed by atoms with van der Waals surface area (Å²) in [4.78, 5) is 39.9. The molecule has 0 radical (unpaired) electrons. The van der Waals surface area contributed by atoms with E-state index in [0.717, 1.165) is 78.4 Å². The molecule has 0 spiro atoms. The van der Waals surface area contributed by atoms with Crippen molar-refractivity contribution in [3.05, 3.63) is 0 Å². The SMILES string of the molecule is CC(C)(C)OC(=O)N1CCN(C2CCOCC2)CC1.CC(C)(C)OC(=O)N1CCNCC1.O=C1CCOCC1. The van der Waals surface area contributed by atoms with Crippen LogP contribution in [0.4, 0.5) is 9.59 Å². The van der Waals surface area contributed by atoms with Gasteiger partial charge in [0, 0.05) is 84.5 Å². The molecule has 0 aromatic rings. The summed E-state index contributed by atoms with van der Waals surface area (Å²) in [5.41, 5.74) is -0.795. The molecular weight excluding hydrogens is 504 g/mol. The van der Waals surface area contributed by atoms with E-state index in [-0.39, 0.29) is 17.8 Å². The number of piperazine rings is 2. The first-order chi connectivity index (χ1) is 18.3. The van der Waals surface area contributed by atoms with E-state index in [2.05, 4.69) is 10.2 Å². The highest BCUT2D eigenvalue weighted by molar-refractivity contribution is 5.79. The van der Waals surface area contributed by atoms with E-state index in [4.69, 9.17) is 18.9 Å². The number of nitrogens with one attached hydrogen (secondary N) is 1. The molecule has 39 heavy (non-hydrogen) atoms. The largest absolute Gasteiger partial charge is 0.444 e. The number of hydrogen-bond acceptors (Lipinski definition) is 9. The zero-order chi connectivity index (χ0) is 28.9. The van der Waals surface area contributed by atoms with Crippen LogP contribution in [0, 0.1) is 0 Å². The highest BCUT2D eigenvalue weighted by atomic mass is 16.6. The summed E-state index contributed by atoms with van der Waals surface area (Å²) < 4.78 is 21.0. The number of Topliss-reactive ketones (excluding diaryl/α,β-unsaturated/α-hetero) is 1. The van der Waals surface area contributed by atoms with Gasteiger partial charge in [-0.05, 0) is 54.4 Å². The van der Waals surface area contributed by atoms with Gasteiger partial charge in [0.15, 0.2) is 0 Å². The molecule has 4 heterocycles. The van der Waals surface area contributed by atoms with Crippen LogP contribution in [0.5, 0.6) is 0 Å². The molecule has 4 aliphatic rings. The highest BCUT2D eigenvalue weighted by Crippen LogP contribution is 2.18. The van der Waals surface area contributed by atoms with Crippen LogP contribution in [0.15, 0.2) is 0 Å². The van der Waals surface area contributed by atoms with Crippen LogP contribution in [0.1, 0.15) is 67.2 Å². The molecule has 0 bridgehead atoms. The Labute approximate surface area is 234 Å². The van der Waals surface area contributed by atoms with Crippen molar-refractivity contribution in [3.63, 3.8) is 0 Å². The van der Waals surface area contributed by atoms with Crippen molar-refractivity contribution in [3.8, 4) is 0 Å². The van der Waals surface area contributed by atoms with Crippen molar-refractivity contribution in [2.75, 3.05) is 78.8 Å². The molecule has 0 aromatic heterocycles. The Morgan fingerprint density at radius 2 is 1.15 bits per heavy atom. The molecule has 0 atom stereocenters. The zero-order valence-corrected chi connectivity index (χ0v) is 25.1. The Balaban J connectivity index is 0.000000229. The molecule has 0 saturated carbocycles. The lowest BCUT2D eigenvalue weighted by Crippen LogP contribution is -2.53. The van der Waals surface area contributed by atoms with Crippen LogP contribution in [0.3, 0.4) is 0 Å². The van der Waals surface area contributed by atoms with E-state index in [1.807, 2.05) is 46.4 Å². The number of carbonyl (C=O) groups excluding carboxylic acids is 3. The maximum atomic E-state index is 12.0. The molecule has 4 rings (SSSR count). The third-order valence-electron chi connectivity index (χ3n) is 6.49. The van der Waals surface area contributed by atoms with E-state index >= 15 is 0 Å². The predicted molar refractivity (Wildman–Crippen MR) is 149 cm³/mol. The van der Waals surface area contributed by atoms with Crippen LogP contribution in [0.25, 0.3) is 0 Å². The molecule has 0 aliphatic carbocycles. The molecule has 11 heteroatoms. The fraction of sp³-hybridized carbons (Fsp3) is 0.893. The van der Waals surface area contributed by atoms with Gasteiger partial charge >= 0.3 is 12.2 Å². The van der Waals surface area contributed by atoms with Gasteiger partial charge in [-0.1, -0.05) is 0 Å². The highest BCUT2D eigenvalue weighted by Gasteiger charge is 2.29. The van der Waals surface area contributed by atoms with Gasteiger partial charge in [0.25, 0.3) is 0 Å². The quantitative estimate of drug-likeness (QED) is 0.521. The smallest absolute Gasteiger partial charge is 0.410 e. The number of ketones is 1. The van der Waals surface area contributed by atoms with Crippen molar-refractivity contribution in [2.24, 2.45) is 0 Å². The number of ether oxygens (including phenoxy) is 4. The van der Waals surface area contributed by atoms with Crippen LogP contribution in [-0.2, 0) is 23.7 Å². The van der Waals surface area contributed by atoms with Crippen molar-refractivity contribution < 1.29 is 33.3 Å². The van der Waals surface area contributed by atoms with Crippen molar-refractivity contribution in [2.45, 2.75) is 84.5 Å². The second kappa shape index (κ2) is 16.3. The van der Waals surface area contributed by atoms with Crippen molar-refractivity contribution >= 4 is 18.0 Å². The van der Waals surface area contributed by atoms with Crippen molar-refractivity contribution in [1.29, 1.82) is 0 Å². The molecule has 4 aliphatic heterocycles. The fourth-order valence-corrected chi connectivity index (χ4v) is 4.42. The van der Waals surface area contributed by atoms with Gasteiger partial charge in [0.1, 0.15) is 17.0 Å². The molecule has 1 N–H and O–H groups in total. The number of hydrogen-bond donors (Lipinski definition) is 1. The van der Waals surface area contributed by atoms with Crippen LogP contribution >= 0.6 is 0 Å². The lowest BCUT2D eigenvalue weighted by atomic mass is 10.1. The lowest BCUT2D eigenvalue weighted by Gasteiger charge is -2.40. The first-order valence-electron chi connectivity index (χ1n) is 14.4. The monoisotopic (exact) mass is 556 g/mol. The summed E-state index contributed by atoms with van der Waals surface area (Å²) in [6, 6.07) is 0.634. The first-order valence-corrected chi connectivity index (χ1v) is 14.4. The number of carbonyl (C=O) groups is 3. The van der Waals surface area contributed by atoms with Gasteiger partial charge in [0.2, 0.25) is 0 Å². The topological polar surface area (TPSA) is 110 Å². The molecular formula is C28H52N4O7. The van der Waals surface area contributed by atoms with Gasteiger partial charge in [0.05, 0.1) is 13.2 Å². The molecule has 0 unspecified atom stereocenters. The molecule has 4 saturated heterocycles. The Bertz CT molecular complexity index is 738. The summed E-state index contributed by atoms with van der Waals surface area (Å²) in [5.74, 6) is 0.339. The summed E-state index contributed by atoms with van der Waals surface area (Å²) in [7, 11) is 0. The van der Waals surface area contributed by atoms with Gasteiger partial charge < -0.3 is 34.1 Å². The minimum absolute atomic E-state index is 0.181. The van der Waals surface area contributed by atoms with E-state index < -0.39 is 5.60 Å². The van der Waals surface area contributed by atoms with Crippen LogP contribution in [-0.4, -0.2) is 129 Å². The summed E-state index contributed by atoms with van der Waals surface area (Å²) in [6.45, 7) is 21.0. The van der Waals surface area contributed by atoms with E-state index in [0.29, 0.717) is 37.9 Å². The van der Waals surface area contributed by atoms with E-state index in [1.165, 1.54) is 0 Å². The number of amides is 2. The Morgan fingerprint density at radius 3 is 1.56 bits per heavy atom. The van der Waals surface area contributed by atoms with Gasteiger partial charge in [-0.15, -0.1) is 0 Å². The third-order valence-corrected chi connectivity index (χ3v) is 6.49. The maximum Gasteiger partial charge on any atom is 0.410 e. The summed E-state index contributed by atoms with van der Waals surface area (Å²) in [6.07, 6.45) is 3.10. The summed E-state index contributed by atoms with van der Waals surface area (Å²) in [5, 5.41) is 3.18. The molecule has 0 aromatic carbocycles. The number of rotatable bonds is 1. The second-order valence-electron chi connectivity index (χ2n) is 12.2. The second-order valence-corrected chi connectivity index (χ2v) is 12.2. The Morgan fingerprint density at radius 1 is 0.718 bits per heavy atom. The lowest BCUT2D eigenvalue weighted by molar-refractivity contribution is -0.124. The molecule has 2 amide bonds. The first kappa shape index (κ1) is 33.3. The van der Waals surface area contributed by atoms with Crippen molar-refractivity contribution in [1.82, 2.24) is 20.0 Å².